The van der Waals surface area contributed by atoms with E-state index in [0.717, 1.165) is 0 Å². The highest BCUT2D eigenvalue weighted by Gasteiger charge is 2.53. The average molecular weight is 445 g/mol. The van der Waals surface area contributed by atoms with Crippen molar-refractivity contribution in [1.82, 2.24) is 4.90 Å². The molecule has 1 fully saturated rings. The molecule has 1 amide bonds. The Morgan fingerprint density at radius 1 is 1.35 bits per heavy atom. The lowest BCUT2D eigenvalue weighted by atomic mass is 10.0. The second kappa shape index (κ2) is 9.56. The first kappa shape index (κ1) is 22.2. The predicted molar refractivity (Wildman–Crippen MR) is 112 cm³/mol. The third kappa shape index (κ3) is 4.82. The second-order valence-corrected chi connectivity index (χ2v) is 7.71. The molecule has 0 aromatic heterocycles. The molecule has 3 rings (SSSR count). The van der Waals surface area contributed by atoms with Gasteiger partial charge in [-0.3, -0.25) is 29.6 Å². The Morgan fingerprint density at radius 2 is 2.06 bits per heavy atom. The average Bonchev–Trinajstić information content (AvgIpc) is 2.75. The van der Waals surface area contributed by atoms with Crippen LogP contribution in [0.25, 0.3) is 0 Å². The molecule has 162 valence electrons. The topological polar surface area (TPSA) is 128 Å². The van der Waals surface area contributed by atoms with E-state index in [1.807, 2.05) is 0 Å². The number of aliphatic imine (C=N–C) groups is 1. The molecule has 0 spiro atoms. The Bertz CT molecular complexity index is 987. The van der Waals surface area contributed by atoms with Gasteiger partial charge < -0.3 is 9.47 Å². The number of non-ortho nitro benzene ring substituents is 1. The van der Waals surface area contributed by atoms with Crippen LogP contribution in [0.4, 0.5) is 5.69 Å². The van der Waals surface area contributed by atoms with Crippen LogP contribution in [0.1, 0.15) is 12.5 Å². The van der Waals surface area contributed by atoms with Crippen molar-refractivity contribution in [3.63, 3.8) is 0 Å². The molecule has 0 N–H and O–H groups in total. The maximum absolute atomic E-state index is 12.8. The van der Waals surface area contributed by atoms with E-state index in [9.17, 15) is 24.5 Å². The van der Waals surface area contributed by atoms with Crippen molar-refractivity contribution >= 4 is 41.5 Å². The summed E-state index contributed by atoms with van der Waals surface area (Å²) in [6.07, 6.45) is 2.88. The van der Waals surface area contributed by atoms with Crippen LogP contribution in [0.3, 0.4) is 0 Å². The zero-order chi connectivity index (χ0) is 22.5. The molecule has 11 heteroatoms. The minimum Gasteiger partial charge on any atom is -0.461 e. The first-order valence-electron chi connectivity index (χ1n) is 9.19. The predicted octanol–water partition coefficient (Wildman–Crippen LogP) is 1.84. The normalized spacial score (nSPS) is 20.2. The van der Waals surface area contributed by atoms with Gasteiger partial charge in [-0.15, -0.1) is 11.8 Å². The van der Waals surface area contributed by atoms with Crippen LogP contribution in [0.15, 0.2) is 53.2 Å². The van der Waals surface area contributed by atoms with E-state index in [1.165, 1.54) is 60.1 Å². The molecular formula is C20H19N3O7S. The fourth-order valence-corrected chi connectivity index (χ4v) is 4.33. The lowest BCUT2D eigenvalue weighted by Crippen LogP contribution is -2.64. The second-order valence-electron chi connectivity index (χ2n) is 6.60. The molecule has 1 aromatic carbocycles. The van der Waals surface area contributed by atoms with Gasteiger partial charge in [-0.25, -0.2) is 4.79 Å². The van der Waals surface area contributed by atoms with E-state index < -0.39 is 28.3 Å². The van der Waals surface area contributed by atoms with E-state index in [2.05, 4.69) is 11.6 Å². The van der Waals surface area contributed by atoms with Gasteiger partial charge in [0, 0.05) is 36.6 Å². The quantitative estimate of drug-likeness (QED) is 0.148. The zero-order valence-corrected chi connectivity index (χ0v) is 17.4. The van der Waals surface area contributed by atoms with Crippen LogP contribution in [-0.4, -0.2) is 64.3 Å². The summed E-state index contributed by atoms with van der Waals surface area (Å²) in [5.41, 5.74) is 1.11. The first-order chi connectivity index (χ1) is 14.8. The molecule has 1 saturated heterocycles. The van der Waals surface area contributed by atoms with Crippen LogP contribution in [0.5, 0.6) is 0 Å². The van der Waals surface area contributed by atoms with Gasteiger partial charge in [0.05, 0.1) is 4.92 Å². The number of nitro benzene ring substituents is 1. The van der Waals surface area contributed by atoms with Gasteiger partial charge in [0.2, 0.25) is 0 Å². The maximum atomic E-state index is 12.8. The number of β-lactam (4-membered cyclic amide) rings is 1. The third-order valence-electron chi connectivity index (χ3n) is 4.48. The standard InChI is InChI=1S/C20H19N3O7S/c1-3-8-29-20(26)17-14(10-30-12(2)24)11-31-19-16(18(25)22(17)19)21-9-13-4-6-15(7-5-13)23(27)28/h3-7,9,16,19H,1,8,10-11H2,2H3/t16-,19+/m0/s1. The molecular weight excluding hydrogens is 426 g/mol. The lowest BCUT2D eigenvalue weighted by molar-refractivity contribution is -0.384. The molecule has 1 aromatic rings. The molecule has 2 aliphatic rings. The van der Waals surface area contributed by atoms with E-state index >= 15 is 0 Å². The monoisotopic (exact) mass is 445 g/mol. The number of ether oxygens (including phenoxy) is 2. The molecule has 0 bridgehead atoms. The largest absolute Gasteiger partial charge is 0.461 e. The summed E-state index contributed by atoms with van der Waals surface area (Å²) in [6.45, 7) is 4.61. The van der Waals surface area contributed by atoms with E-state index in [0.29, 0.717) is 16.9 Å². The summed E-state index contributed by atoms with van der Waals surface area (Å²) in [5, 5.41) is 10.3. The number of carbonyl (C=O) groups excluding carboxylic acids is 3. The van der Waals surface area contributed by atoms with Gasteiger partial charge in [-0.1, -0.05) is 12.7 Å². The summed E-state index contributed by atoms with van der Waals surface area (Å²) in [7, 11) is 0. The highest BCUT2D eigenvalue weighted by Crippen LogP contribution is 2.42. The van der Waals surface area contributed by atoms with E-state index in [1.54, 1.807) is 0 Å². The van der Waals surface area contributed by atoms with Gasteiger partial charge in [0.25, 0.3) is 11.6 Å². The van der Waals surface area contributed by atoms with Crippen molar-refractivity contribution in [2.24, 2.45) is 4.99 Å². The Hall–Kier alpha value is -3.47. The fraction of sp³-hybridized carbons (Fsp3) is 0.300. The smallest absolute Gasteiger partial charge is 0.355 e. The number of nitrogens with zero attached hydrogens (tertiary/aromatic N) is 3. The molecule has 2 heterocycles. The minimum absolute atomic E-state index is 0.0231. The van der Waals surface area contributed by atoms with Gasteiger partial charge >= 0.3 is 11.9 Å². The van der Waals surface area contributed by atoms with Gasteiger partial charge in [0.1, 0.15) is 24.3 Å². The lowest BCUT2D eigenvalue weighted by Gasteiger charge is -2.48. The summed E-state index contributed by atoms with van der Waals surface area (Å²) in [4.78, 5) is 52.4. The summed E-state index contributed by atoms with van der Waals surface area (Å²) >= 11 is 1.40. The van der Waals surface area contributed by atoms with Crippen LogP contribution in [0, 0.1) is 10.1 Å². The number of hydrogen-bond donors (Lipinski definition) is 0. The van der Waals surface area contributed by atoms with Gasteiger partial charge in [0.15, 0.2) is 6.04 Å². The van der Waals surface area contributed by atoms with Crippen LogP contribution >= 0.6 is 11.8 Å². The Kier molecular flexibility index (Phi) is 6.85. The number of fused-ring (bicyclic) bond motifs is 1. The number of hydrogen-bond acceptors (Lipinski definition) is 9. The van der Waals surface area contributed by atoms with Crippen molar-refractivity contribution in [2.45, 2.75) is 18.3 Å². The highest BCUT2D eigenvalue weighted by atomic mass is 32.2. The first-order valence-corrected chi connectivity index (χ1v) is 10.2. The Labute approximate surface area is 181 Å². The van der Waals surface area contributed by atoms with Crippen LogP contribution in [-0.2, 0) is 23.9 Å². The minimum atomic E-state index is -0.710. The number of nitro groups is 1. The molecule has 10 nitrogen and oxygen atoms in total. The van der Waals surface area contributed by atoms with E-state index in [4.69, 9.17) is 9.47 Å². The number of amides is 1. The van der Waals surface area contributed by atoms with Crippen LogP contribution in [0.2, 0.25) is 0 Å². The van der Waals surface area contributed by atoms with Crippen molar-refractivity contribution in [2.75, 3.05) is 19.0 Å². The molecule has 31 heavy (non-hydrogen) atoms. The Balaban J connectivity index is 1.78. The van der Waals surface area contributed by atoms with Crippen molar-refractivity contribution in [1.29, 1.82) is 0 Å². The van der Waals surface area contributed by atoms with Crippen LogP contribution < -0.4 is 0 Å². The number of esters is 2. The molecule has 2 atom stereocenters. The highest BCUT2D eigenvalue weighted by molar-refractivity contribution is 8.00. The van der Waals surface area contributed by atoms with Gasteiger partial charge in [-0.2, -0.15) is 0 Å². The van der Waals surface area contributed by atoms with Crippen molar-refractivity contribution < 1.29 is 28.8 Å². The van der Waals surface area contributed by atoms with Crippen molar-refractivity contribution in [3.05, 3.63) is 63.9 Å². The number of rotatable bonds is 8. The summed E-state index contributed by atoms with van der Waals surface area (Å²) in [5.74, 6) is -1.22. The maximum Gasteiger partial charge on any atom is 0.355 e. The number of benzene rings is 1. The summed E-state index contributed by atoms with van der Waals surface area (Å²) in [6, 6.07) is 5.06. The summed E-state index contributed by atoms with van der Waals surface area (Å²) < 4.78 is 10.1. The SMILES string of the molecule is C=CCOC(=O)C1=C(COC(C)=O)CS[C@@H]2[C@@H](N=Cc3ccc([N+](=O)[O-])cc3)C(=O)N12. The van der Waals surface area contributed by atoms with E-state index in [-0.39, 0.29) is 30.5 Å². The molecule has 2 aliphatic heterocycles. The molecule has 0 unspecified atom stereocenters. The number of thioether (sulfide) groups is 1. The molecule has 0 saturated carbocycles. The molecule has 0 radical (unpaired) electrons. The van der Waals surface area contributed by atoms with Gasteiger partial charge in [-0.05, 0) is 17.7 Å². The molecule has 0 aliphatic carbocycles. The van der Waals surface area contributed by atoms with Crippen molar-refractivity contribution in [3.8, 4) is 0 Å². The zero-order valence-electron chi connectivity index (χ0n) is 16.6. The fourth-order valence-electron chi connectivity index (χ4n) is 3.01. The number of carbonyl (C=O) groups is 3. The Morgan fingerprint density at radius 3 is 2.68 bits per heavy atom. The third-order valence-corrected chi connectivity index (χ3v) is 5.81.